The Morgan fingerprint density at radius 1 is 1.19 bits per heavy atom. The quantitative estimate of drug-likeness (QED) is 0.522. The van der Waals surface area contributed by atoms with Crippen LogP contribution in [0.3, 0.4) is 0 Å². The molecule has 2 aliphatic carbocycles. The van der Waals surface area contributed by atoms with Crippen molar-refractivity contribution in [3.05, 3.63) is 62.1 Å². The van der Waals surface area contributed by atoms with Gasteiger partial charge in [-0.3, -0.25) is 14.5 Å². The summed E-state index contributed by atoms with van der Waals surface area (Å²) in [7, 11) is 0. The molecule has 1 aromatic heterocycles. The normalized spacial score (nSPS) is 22.4. The Balaban J connectivity index is 1.71. The molecule has 2 heterocycles. The van der Waals surface area contributed by atoms with Crippen molar-refractivity contribution in [1.29, 1.82) is 5.26 Å². The molecule has 0 spiro atoms. The van der Waals surface area contributed by atoms with Crippen molar-refractivity contribution in [2.24, 2.45) is 5.41 Å². The van der Waals surface area contributed by atoms with E-state index in [9.17, 15) is 14.9 Å². The van der Waals surface area contributed by atoms with Gasteiger partial charge in [-0.1, -0.05) is 37.6 Å². The van der Waals surface area contributed by atoms with Gasteiger partial charge in [0.1, 0.15) is 11.1 Å². The van der Waals surface area contributed by atoms with Gasteiger partial charge in [-0.25, -0.2) is 0 Å². The minimum absolute atomic E-state index is 0.0469. The molecule has 1 aromatic carbocycles. The summed E-state index contributed by atoms with van der Waals surface area (Å²) in [5.41, 5.74) is 3.89. The first-order valence-electron chi connectivity index (χ1n) is 11.2. The van der Waals surface area contributed by atoms with Crippen LogP contribution in [0.4, 0.5) is 5.00 Å². The number of nitriles is 1. The van der Waals surface area contributed by atoms with Gasteiger partial charge in [0.25, 0.3) is 0 Å². The number of hydrogen-bond donors (Lipinski definition) is 0. The van der Waals surface area contributed by atoms with Gasteiger partial charge >= 0.3 is 0 Å². The monoisotopic (exact) mass is 464 g/mol. The lowest BCUT2D eigenvalue weighted by molar-refractivity contribution is -0.120. The number of halogens is 1. The van der Waals surface area contributed by atoms with Gasteiger partial charge in [-0.2, -0.15) is 5.26 Å². The first kappa shape index (κ1) is 21.4. The number of rotatable bonds is 2. The van der Waals surface area contributed by atoms with Crippen LogP contribution in [-0.2, 0) is 22.4 Å². The highest BCUT2D eigenvalue weighted by Gasteiger charge is 2.45. The molecule has 0 saturated heterocycles. The highest BCUT2D eigenvalue weighted by atomic mass is 35.5. The molecule has 0 unspecified atom stereocenters. The topological polar surface area (TPSA) is 61.2 Å². The second kappa shape index (κ2) is 7.86. The maximum atomic E-state index is 13.7. The fraction of sp³-hybridized carbons (Fsp3) is 0.423. The molecule has 0 bridgehead atoms. The van der Waals surface area contributed by atoms with Gasteiger partial charge in [0.15, 0.2) is 5.78 Å². The lowest BCUT2D eigenvalue weighted by Crippen LogP contribution is -2.43. The number of thiophene rings is 1. The first-order valence-corrected chi connectivity index (χ1v) is 12.4. The molecular formula is C26H25ClN2O2S. The van der Waals surface area contributed by atoms with Gasteiger partial charge in [-0.05, 0) is 60.8 Å². The second-order valence-corrected chi connectivity index (χ2v) is 11.4. The minimum atomic E-state index is -0.295. The summed E-state index contributed by atoms with van der Waals surface area (Å²) < 4.78 is 0. The molecule has 164 valence electrons. The van der Waals surface area contributed by atoms with Gasteiger partial charge in [0.05, 0.1) is 5.56 Å². The summed E-state index contributed by atoms with van der Waals surface area (Å²) in [6, 6.07) is 9.87. The number of aryl methyl sites for hydroxylation is 1. The van der Waals surface area contributed by atoms with Crippen molar-refractivity contribution in [1.82, 2.24) is 0 Å². The van der Waals surface area contributed by atoms with Gasteiger partial charge in [-0.15, -0.1) is 11.3 Å². The molecular weight excluding hydrogens is 440 g/mol. The van der Waals surface area contributed by atoms with E-state index in [1.807, 2.05) is 18.2 Å². The predicted octanol–water partition coefficient (Wildman–Crippen LogP) is 6.32. The van der Waals surface area contributed by atoms with E-state index < -0.39 is 0 Å². The lowest BCUT2D eigenvalue weighted by atomic mass is 9.69. The maximum Gasteiger partial charge on any atom is 0.232 e. The standard InChI is InChI=1S/C26H25ClN2O2S/c1-26(2)12-20-24(21(30)13-26)18(15-6-5-7-16(27)10-15)11-23(31)29(20)25-19(14-28)17-8-3-4-9-22(17)32-25/h5-7,10,18H,3-4,8-9,11-13H2,1-2H3/t18-/m0/s1. The lowest BCUT2D eigenvalue weighted by Gasteiger charge is -2.42. The Labute approximate surface area is 197 Å². The van der Waals surface area contributed by atoms with Crippen LogP contribution in [0.1, 0.15) is 73.4 Å². The molecule has 1 atom stereocenters. The summed E-state index contributed by atoms with van der Waals surface area (Å²) in [6.45, 7) is 4.15. The number of nitrogens with zero attached hydrogens (tertiary/aromatic N) is 2. The van der Waals surface area contributed by atoms with E-state index in [4.69, 9.17) is 11.6 Å². The van der Waals surface area contributed by atoms with Crippen molar-refractivity contribution in [3.8, 4) is 6.07 Å². The van der Waals surface area contributed by atoms with Gasteiger partial charge < -0.3 is 0 Å². The molecule has 2 aromatic rings. The third kappa shape index (κ3) is 3.50. The average molecular weight is 465 g/mol. The number of carbonyl (C=O) groups excluding carboxylic acids is 2. The zero-order chi connectivity index (χ0) is 22.6. The van der Waals surface area contributed by atoms with Crippen molar-refractivity contribution in [2.75, 3.05) is 4.90 Å². The van der Waals surface area contributed by atoms with Crippen molar-refractivity contribution in [3.63, 3.8) is 0 Å². The molecule has 0 N–H and O–H groups in total. The third-order valence-corrected chi connectivity index (χ3v) is 8.37. The van der Waals surface area contributed by atoms with E-state index in [1.54, 1.807) is 22.3 Å². The Morgan fingerprint density at radius 3 is 2.72 bits per heavy atom. The number of Topliss-reactive ketones (excluding diaryl/α,β-unsaturated/α-hetero) is 1. The average Bonchev–Trinajstić information content (AvgIpc) is 3.10. The number of anilines is 1. The van der Waals surface area contributed by atoms with E-state index in [0.717, 1.165) is 48.1 Å². The summed E-state index contributed by atoms with van der Waals surface area (Å²) in [6.07, 6.45) is 5.32. The van der Waals surface area contributed by atoms with Crippen molar-refractivity contribution < 1.29 is 9.59 Å². The van der Waals surface area contributed by atoms with E-state index in [1.165, 1.54) is 4.88 Å². The van der Waals surface area contributed by atoms with Crippen LogP contribution in [0.25, 0.3) is 0 Å². The molecule has 1 amide bonds. The van der Waals surface area contributed by atoms with Crippen LogP contribution in [0.2, 0.25) is 5.02 Å². The van der Waals surface area contributed by atoms with Crippen LogP contribution in [0.5, 0.6) is 0 Å². The van der Waals surface area contributed by atoms with Gasteiger partial charge in [0, 0.05) is 39.9 Å². The number of allylic oxidation sites excluding steroid dienone is 2. The van der Waals surface area contributed by atoms with Crippen molar-refractivity contribution >= 4 is 39.6 Å². The summed E-state index contributed by atoms with van der Waals surface area (Å²) >= 11 is 7.82. The predicted molar refractivity (Wildman–Crippen MR) is 127 cm³/mol. The van der Waals surface area contributed by atoms with Crippen LogP contribution < -0.4 is 4.90 Å². The number of benzene rings is 1. The fourth-order valence-electron chi connectivity index (χ4n) is 5.48. The Kier molecular flexibility index (Phi) is 5.27. The molecule has 1 aliphatic heterocycles. The summed E-state index contributed by atoms with van der Waals surface area (Å²) in [5, 5.41) is 11.3. The largest absolute Gasteiger partial charge is 0.294 e. The number of fused-ring (bicyclic) bond motifs is 1. The SMILES string of the molecule is CC1(C)CC(=O)C2=C(C1)N(c1sc3c(c1C#N)CCCC3)C(=O)C[C@H]2c1cccc(Cl)c1. The first-order chi connectivity index (χ1) is 15.3. The Bertz CT molecular complexity index is 1220. The number of hydrogen-bond acceptors (Lipinski definition) is 4. The zero-order valence-corrected chi connectivity index (χ0v) is 19.9. The van der Waals surface area contributed by atoms with E-state index in [0.29, 0.717) is 28.4 Å². The maximum absolute atomic E-state index is 13.7. The fourth-order valence-corrected chi connectivity index (χ4v) is 7.06. The van der Waals surface area contributed by atoms with Crippen LogP contribution in [0, 0.1) is 16.7 Å². The Morgan fingerprint density at radius 2 is 1.97 bits per heavy atom. The van der Waals surface area contributed by atoms with Crippen LogP contribution >= 0.6 is 22.9 Å². The molecule has 4 nitrogen and oxygen atoms in total. The second-order valence-electron chi connectivity index (χ2n) is 9.85. The number of carbonyl (C=O) groups is 2. The molecule has 0 fully saturated rings. The smallest absolute Gasteiger partial charge is 0.232 e. The van der Waals surface area contributed by atoms with Crippen LogP contribution in [-0.4, -0.2) is 11.7 Å². The summed E-state index contributed by atoms with van der Waals surface area (Å²) in [4.78, 5) is 30.1. The highest BCUT2D eigenvalue weighted by Crippen LogP contribution is 2.51. The molecule has 5 rings (SSSR count). The third-order valence-electron chi connectivity index (χ3n) is 6.86. The summed E-state index contributed by atoms with van der Waals surface area (Å²) in [5.74, 6) is -0.246. The minimum Gasteiger partial charge on any atom is -0.294 e. The highest BCUT2D eigenvalue weighted by molar-refractivity contribution is 7.16. The molecule has 0 saturated carbocycles. The Hall–Kier alpha value is -2.42. The van der Waals surface area contributed by atoms with Gasteiger partial charge in [0.2, 0.25) is 5.91 Å². The molecule has 3 aliphatic rings. The molecule has 32 heavy (non-hydrogen) atoms. The number of amides is 1. The molecule has 0 radical (unpaired) electrons. The van der Waals surface area contributed by atoms with E-state index in [2.05, 4.69) is 19.9 Å². The number of ketones is 1. The van der Waals surface area contributed by atoms with E-state index in [-0.39, 0.29) is 29.4 Å². The van der Waals surface area contributed by atoms with E-state index >= 15 is 0 Å². The van der Waals surface area contributed by atoms with Crippen molar-refractivity contribution in [2.45, 2.75) is 64.7 Å². The molecule has 6 heteroatoms. The van der Waals surface area contributed by atoms with Crippen LogP contribution in [0.15, 0.2) is 35.5 Å². The zero-order valence-electron chi connectivity index (χ0n) is 18.3.